The number of rotatable bonds is 7. The molecule has 2 aromatic carbocycles. The smallest absolute Gasteiger partial charge is 0.128 e. The van der Waals surface area contributed by atoms with Gasteiger partial charge in [-0.3, -0.25) is 4.99 Å². The van der Waals surface area contributed by atoms with Gasteiger partial charge in [0.15, 0.2) is 0 Å². The molecule has 5 heteroatoms. The van der Waals surface area contributed by atoms with Crippen molar-refractivity contribution in [1.82, 2.24) is 15.3 Å². The SMILES string of the molecule is CC(=N)c1ccc2cc(CCCCc3cc4ccc(C5=NCCCN5)cc4[nH]3)[nH]c2c1. The molecule has 0 amide bonds. The number of nitrogens with one attached hydrogen (secondary N) is 4. The zero-order chi connectivity index (χ0) is 21.2. The van der Waals surface area contributed by atoms with Gasteiger partial charge in [0.05, 0.1) is 0 Å². The van der Waals surface area contributed by atoms with Gasteiger partial charge in [0, 0.05) is 46.8 Å². The predicted octanol–water partition coefficient (Wildman–Crippen LogP) is 5.34. The molecule has 5 rings (SSSR count). The highest BCUT2D eigenvalue weighted by Crippen LogP contribution is 2.21. The van der Waals surface area contributed by atoms with E-state index in [0.29, 0.717) is 5.71 Å². The zero-order valence-corrected chi connectivity index (χ0v) is 18.0. The van der Waals surface area contributed by atoms with E-state index in [1.54, 1.807) is 0 Å². The summed E-state index contributed by atoms with van der Waals surface area (Å²) in [6, 6.07) is 17.3. The number of aliphatic imine (C=N–C) groups is 1. The first-order valence-corrected chi connectivity index (χ1v) is 11.2. The van der Waals surface area contributed by atoms with Crippen molar-refractivity contribution in [2.75, 3.05) is 13.1 Å². The fourth-order valence-electron chi connectivity index (χ4n) is 4.38. The molecule has 0 bridgehead atoms. The van der Waals surface area contributed by atoms with Crippen molar-refractivity contribution in [2.24, 2.45) is 4.99 Å². The number of H-pyrrole nitrogens is 2. The maximum absolute atomic E-state index is 7.81. The Morgan fingerprint density at radius 3 is 2.23 bits per heavy atom. The molecule has 1 aliphatic rings. The molecule has 0 spiro atoms. The minimum atomic E-state index is 0.603. The molecular formula is C26H29N5. The van der Waals surface area contributed by atoms with Gasteiger partial charge in [0.25, 0.3) is 0 Å². The Labute approximate surface area is 182 Å². The predicted molar refractivity (Wildman–Crippen MR) is 130 cm³/mol. The Morgan fingerprint density at radius 1 is 0.903 bits per heavy atom. The summed E-state index contributed by atoms with van der Waals surface area (Å²) in [7, 11) is 0. The molecule has 0 atom stereocenters. The van der Waals surface area contributed by atoms with Gasteiger partial charge < -0.3 is 20.7 Å². The Hall–Kier alpha value is -3.34. The van der Waals surface area contributed by atoms with Crippen LogP contribution in [-0.4, -0.2) is 34.6 Å². The van der Waals surface area contributed by atoms with Crippen LogP contribution in [-0.2, 0) is 12.8 Å². The molecule has 2 aromatic heterocycles. The molecule has 0 fully saturated rings. The fourth-order valence-corrected chi connectivity index (χ4v) is 4.38. The molecule has 158 valence electrons. The quantitative estimate of drug-likeness (QED) is 0.240. The lowest BCUT2D eigenvalue weighted by atomic mass is 10.1. The maximum atomic E-state index is 7.81. The van der Waals surface area contributed by atoms with Gasteiger partial charge in [0.1, 0.15) is 5.84 Å². The highest BCUT2D eigenvalue weighted by atomic mass is 15.0. The molecule has 0 aliphatic carbocycles. The minimum Gasteiger partial charge on any atom is -0.370 e. The summed E-state index contributed by atoms with van der Waals surface area (Å²) in [5.41, 5.74) is 7.64. The molecule has 3 heterocycles. The number of nitrogens with zero attached hydrogens (tertiary/aromatic N) is 1. The van der Waals surface area contributed by atoms with E-state index in [4.69, 9.17) is 5.41 Å². The van der Waals surface area contributed by atoms with Crippen molar-refractivity contribution in [1.29, 1.82) is 5.41 Å². The number of hydrogen-bond donors (Lipinski definition) is 4. The summed E-state index contributed by atoms with van der Waals surface area (Å²) in [5.74, 6) is 1.02. The number of hydrogen-bond acceptors (Lipinski definition) is 3. The molecular weight excluding hydrogens is 382 g/mol. The van der Waals surface area contributed by atoms with Gasteiger partial charge in [0.2, 0.25) is 0 Å². The van der Waals surface area contributed by atoms with E-state index >= 15 is 0 Å². The summed E-state index contributed by atoms with van der Waals surface area (Å²) >= 11 is 0. The Kier molecular flexibility index (Phi) is 5.33. The van der Waals surface area contributed by atoms with Gasteiger partial charge in [-0.1, -0.05) is 24.3 Å². The molecule has 0 saturated heterocycles. The summed E-state index contributed by atoms with van der Waals surface area (Å²) in [6.07, 6.45) is 5.50. The van der Waals surface area contributed by atoms with E-state index in [1.807, 2.05) is 13.0 Å². The van der Waals surface area contributed by atoms with Crippen LogP contribution in [0.15, 0.2) is 53.5 Å². The van der Waals surface area contributed by atoms with Crippen LogP contribution in [0.5, 0.6) is 0 Å². The van der Waals surface area contributed by atoms with Gasteiger partial charge >= 0.3 is 0 Å². The number of amidine groups is 1. The monoisotopic (exact) mass is 411 g/mol. The number of aryl methyl sites for hydroxylation is 2. The third-order valence-corrected chi connectivity index (χ3v) is 6.10. The van der Waals surface area contributed by atoms with E-state index in [1.165, 1.54) is 33.2 Å². The summed E-state index contributed by atoms with van der Waals surface area (Å²) in [4.78, 5) is 11.7. The third-order valence-electron chi connectivity index (χ3n) is 6.10. The van der Waals surface area contributed by atoms with Crippen LogP contribution in [0, 0.1) is 5.41 Å². The number of benzene rings is 2. The van der Waals surface area contributed by atoms with Crippen molar-refractivity contribution < 1.29 is 0 Å². The lowest BCUT2D eigenvalue weighted by Crippen LogP contribution is -2.30. The average Bonchev–Trinajstić information content (AvgIpc) is 3.39. The highest BCUT2D eigenvalue weighted by molar-refractivity contribution is 6.02. The van der Waals surface area contributed by atoms with Crippen molar-refractivity contribution in [3.63, 3.8) is 0 Å². The largest absolute Gasteiger partial charge is 0.370 e. The summed E-state index contributed by atoms with van der Waals surface area (Å²) < 4.78 is 0. The van der Waals surface area contributed by atoms with E-state index in [9.17, 15) is 0 Å². The van der Waals surface area contributed by atoms with Crippen molar-refractivity contribution >= 4 is 33.4 Å². The van der Waals surface area contributed by atoms with Gasteiger partial charge in [-0.05, 0) is 79.6 Å². The first-order valence-electron chi connectivity index (χ1n) is 11.2. The third kappa shape index (κ3) is 4.26. The van der Waals surface area contributed by atoms with Crippen LogP contribution in [0.3, 0.4) is 0 Å². The van der Waals surface area contributed by atoms with Gasteiger partial charge in [-0.15, -0.1) is 0 Å². The Morgan fingerprint density at radius 2 is 1.58 bits per heavy atom. The lowest BCUT2D eigenvalue weighted by molar-refractivity contribution is 0.719. The first-order chi connectivity index (χ1) is 15.2. The van der Waals surface area contributed by atoms with Crippen LogP contribution in [0.2, 0.25) is 0 Å². The lowest BCUT2D eigenvalue weighted by Gasteiger charge is -2.14. The second-order valence-corrected chi connectivity index (χ2v) is 8.54. The second-order valence-electron chi connectivity index (χ2n) is 8.54. The number of fused-ring (bicyclic) bond motifs is 2. The second kappa shape index (κ2) is 8.42. The fraction of sp³-hybridized carbons (Fsp3) is 0.308. The molecule has 5 nitrogen and oxygen atoms in total. The molecule has 1 aliphatic heterocycles. The van der Waals surface area contributed by atoms with E-state index < -0.39 is 0 Å². The maximum Gasteiger partial charge on any atom is 0.128 e. The van der Waals surface area contributed by atoms with Gasteiger partial charge in [-0.25, -0.2) is 0 Å². The van der Waals surface area contributed by atoms with Crippen LogP contribution in [0.25, 0.3) is 21.8 Å². The van der Waals surface area contributed by atoms with Crippen LogP contribution in [0.4, 0.5) is 0 Å². The number of aromatic nitrogens is 2. The van der Waals surface area contributed by atoms with Crippen molar-refractivity contribution in [3.8, 4) is 0 Å². The highest BCUT2D eigenvalue weighted by Gasteiger charge is 2.09. The first kappa shape index (κ1) is 19.6. The van der Waals surface area contributed by atoms with Gasteiger partial charge in [-0.2, -0.15) is 0 Å². The Balaban J connectivity index is 1.20. The summed E-state index contributed by atoms with van der Waals surface area (Å²) in [5, 5.41) is 13.7. The molecule has 31 heavy (non-hydrogen) atoms. The molecule has 0 radical (unpaired) electrons. The van der Waals surface area contributed by atoms with E-state index in [2.05, 4.69) is 62.7 Å². The normalized spacial score (nSPS) is 14.0. The molecule has 0 saturated carbocycles. The van der Waals surface area contributed by atoms with Crippen LogP contribution >= 0.6 is 0 Å². The molecule has 0 unspecified atom stereocenters. The standard InChI is InChI=1S/C26H29N5/c1-17(27)18-7-8-19-13-22(30-24(19)15-18)5-2-3-6-23-14-20-9-10-21(16-25(20)31-23)26-28-11-4-12-29-26/h7-10,13-16,27,30-31H,2-6,11-12H2,1H3,(H,28,29). The molecule has 4 N–H and O–H groups in total. The number of aromatic amines is 2. The van der Waals surface area contributed by atoms with E-state index in [0.717, 1.165) is 62.1 Å². The average molecular weight is 412 g/mol. The topological polar surface area (TPSA) is 79.8 Å². The molecule has 4 aromatic rings. The Bertz CT molecular complexity index is 1270. The minimum absolute atomic E-state index is 0.603. The van der Waals surface area contributed by atoms with Crippen LogP contribution in [0.1, 0.15) is 48.7 Å². The van der Waals surface area contributed by atoms with Crippen molar-refractivity contribution in [2.45, 2.75) is 39.0 Å². The number of unbranched alkanes of at least 4 members (excludes halogenated alkanes) is 1. The van der Waals surface area contributed by atoms with E-state index in [-0.39, 0.29) is 0 Å². The van der Waals surface area contributed by atoms with Crippen LogP contribution < -0.4 is 5.32 Å². The zero-order valence-electron chi connectivity index (χ0n) is 18.0. The van der Waals surface area contributed by atoms with Crippen molar-refractivity contribution in [3.05, 3.63) is 71.0 Å². The summed E-state index contributed by atoms with van der Waals surface area (Å²) in [6.45, 7) is 3.75.